The minimum atomic E-state index is 0.461. The average Bonchev–Trinajstić information content (AvgIpc) is 2.33. The van der Waals surface area contributed by atoms with Crippen molar-refractivity contribution in [3.05, 3.63) is 40.5 Å². The Balaban J connectivity index is 2.36. The van der Waals surface area contributed by atoms with Crippen molar-refractivity contribution < 1.29 is 0 Å². The van der Waals surface area contributed by atoms with Crippen molar-refractivity contribution in [2.45, 2.75) is 19.8 Å². The highest BCUT2D eigenvalue weighted by Crippen LogP contribution is 2.22. The Morgan fingerprint density at radius 2 is 1.82 bits per heavy atom. The van der Waals surface area contributed by atoms with E-state index in [1.807, 2.05) is 12.1 Å². The molecule has 1 aromatic carbocycles. The van der Waals surface area contributed by atoms with Crippen LogP contribution in [0.25, 0.3) is 11.4 Å². The van der Waals surface area contributed by atoms with E-state index < -0.39 is 0 Å². The molecule has 3 nitrogen and oxygen atoms in total. The summed E-state index contributed by atoms with van der Waals surface area (Å²) in [4.78, 5) is 8.48. The van der Waals surface area contributed by atoms with Crippen molar-refractivity contribution in [1.29, 1.82) is 0 Å². The van der Waals surface area contributed by atoms with Gasteiger partial charge in [0.05, 0.1) is 4.47 Å². The van der Waals surface area contributed by atoms with Gasteiger partial charge in [-0.05, 0) is 27.4 Å². The lowest BCUT2D eigenvalue weighted by Gasteiger charge is -2.06. The summed E-state index contributed by atoms with van der Waals surface area (Å²) in [5.74, 6) is 1.64. The molecule has 0 aliphatic carbocycles. The van der Waals surface area contributed by atoms with Gasteiger partial charge in [-0.25, -0.2) is 9.97 Å². The van der Waals surface area contributed by atoms with Gasteiger partial charge in [-0.15, -0.1) is 0 Å². The van der Waals surface area contributed by atoms with E-state index in [9.17, 15) is 0 Å². The van der Waals surface area contributed by atoms with Crippen LogP contribution >= 0.6 is 15.9 Å². The first-order chi connectivity index (χ1) is 8.08. The Morgan fingerprint density at radius 1 is 1.18 bits per heavy atom. The SMILES string of the molecule is CC(C)c1ccc(-c2ncc(Br)c(N)n2)cc1. The monoisotopic (exact) mass is 291 g/mol. The van der Waals surface area contributed by atoms with E-state index >= 15 is 0 Å². The quantitative estimate of drug-likeness (QED) is 0.920. The van der Waals surface area contributed by atoms with Crippen LogP contribution in [0.2, 0.25) is 0 Å². The lowest BCUT2D eigenvalue weighted by Crippen LogP contribution is -1.96. The first kappa shape index (κ1) is 12.0. The normalized spacial score (nSPS) is 10.8. The van der Waals surface area contributed by atoms with E-state index in [1.54, 1.807) is 6.20 Å². The second kappa shape index (κ2) is 4.84. The van der Waals surface area contributed by atoms with Crippen molar-refractivity contribution >= 4 is 21.7 Å². The number of rotatable bonds is 2. The molecule has 0 bridgehead atoms. The second-order valence-corrected chi connectivity index (χ2v) is 5.06. The molecule has 0 atom stereocenters. The van der Waals surface area contributed by atoms with Crippen molar-refractivity contribution in [3.8, 4) is 11.4 Å². The summed E-state index contributed by atoms with van der Waals surface area (Å²) in [5.41, 5.74) is 8.02. The van der Waals surface area contributed by atoms with Crippen molar-refractivity contribution in [2.24, 2.45) is 0 Å². The lowest BCUT2D eigenvalue weighted by molar-refractivity contribution is 0.867. The Hall–Kier alpha value is -1.42. The van der Waals surface area contributed by atoms with Crippen molar-refractivity contribution in [2.75, 3.05) is 5.73 Å². The van der Waals surface area contributed by atoms with Crippen LogP contribution < -0.4 is 5.73 Å². The number of nitrogens with zero attached hydrogens (tertiary/aromatic N) is 2. The third-order valence-corrected chi connectivity index (χ3v) is 3.22. The third-order valence-electron chi connectivity index (χ3n) is 2.61. The fourth-order valence-corrected chi connectivity index (χ4v) is 1.73. The smallest absolute Gasteiger partial charge is 0.161 e. The summed E-state index contributed by atoms with van der Waals surface area (Å²) in [5, 5.41) is 0. The molecular weight excluding hydrogens is 278 g/mol. The summed E-state index contributed by atoms with van der Waals surface area (Å²) < 4.78 is 0.722. The fourth-order valence-electron chi connectivity index (χ4n) is 1.54. The van der Waals surface area contributed by atoms with Crippen LogP contribution in [0, 0.1) is 0 Å². The minimum absolute atomic E-state index is 0.461. The van der Waals surface area contributed by atoms with E-state index in [1.165, 1.54) is 5.56 Å². The molecule has 0 saturated heterocycles. The second-order valence-electron chi connectivity index (χ2n) is 4.20. The molecular formula is C13H14BrN3. The minimum Gasteiger partial charge on any atom is -0.383 e. The molecule has 2 rings (SSSR count). The van der Waals surface area contributed by atoms with Gasteiger partial charge in [-0.2, -0.15) is 0 Å². The molecule has 88 valence electrons. The summed E-state index contributed by atoms with van der Waals surface area (Å²) in [6.07, 6.45) is 1.67. The van der Waals surface area contributed by atoms with Gasteiger partial charge in [-0.1, -0.05) is 38.1 Å². The third kappa shape index (κ3) is 2.64. The predicted molar refractivity (Wildman–Crippen MR) is 73.7 cm³/mol. The van der Waals surface area contributed by atoms with Gasteiger partial charge < -0.3 is 5.73 Å². The molecule has 2 N–H and O–H groups in total. The van der Waals surface area contributed by atoms with E-state index in [2.05, 4.69) is 51.9 Å². The Morgan fingerprint density at radius 3 is 2.35 bits per heavy atom. The van der Waals surface area contributed by atoms with E-state index in [4.69, 9.17) is 5.73 Å². The van der Waals surface area contributed by atoms with Gasteiger partial charge in [-0.3, -0.25) is 0 Å². The van der Waals surface area contributed by atoms with Crippen LogP contribution in [0.5, 0.6) is 0 Å². The van der Waals surface area contributed by atoms with E-state index in [0.717, 1.165) is 10.0 Å². The highest BCUT2D eigenvalue weighted by atomic mass is 79.9. The maximum absolute atomic E-state index is 5.74. The van der Waals surface area contributed by atoms with Gasteiger partial charge in [0.1, 0.15) is 5.82 Å². The molecule has 0 fully saturated rings. The zero-order chi connectivity index (χ0) is 12.4. The van der Waals surface area contributed by atoms with E-state index in [0.29, 0.717) is 17.6 Å². The van der Waals surface area contributed by atoms with Crippen LogP contribution in [0.3, 0.4) is 0 Å². The molecule has 1 aromatic heterocycles. The number of halogens is 1. The number of hydrogen-bond donors (Lipinski definition) is 1. The molecule has 0 aliphatic rings. The van der Waals surface area contributed by atoms with Crippen LogP contribution in [0.4, 0.5) is 5.82 Å². The maximum atomic E-state index is 5.74. The highest BCUT2D eigenvalue weighted by molar-refractivity contribution is 9.10. The number of benzene rings is 1. The highest BCUT2D eigenvalue weighted by Gasteiger charge is 2.05. The van der Waals surface area contributed by atoms with Gasteiger partial charge >= 0.3 is 0 Å². The lowest BCUT2D eigenvalue weighted by atomic mass is 10.0. The van der Waals surface area contributed by atoms with Crippen LogP contribution in [-0.2, 0) is 0 Å². The summed E-state index contributed by atoms with van der Waals surface area (Å²) in [6.45, 7) is 4.34. The molecule has 0 spiro atoms. The van der Waals surface area contributed by atoms with Crippen LogP contribution in [-0.4, -0.2) is 9.97 Å². The van der Waals surface area contributed by atoms with Crippen molar-refractivity contribution in [3.63, 3.8) is 0 Å². The topological polar surface area (TPSA) is 51.8 Å². The van der Waals surface area contributed by atoms with Gasteiger partial charge in [0, 0.05) is 11.8 Å². The predicted octanol–water partition coefficient (Wildman–Crippen LogP) is 3.61. The molecule has 0 aliphatic heterocycles. The van der Waals surface area contributed by atoms with Crippen LogP contribution in [0.15, 0.2) is 34.9 Å². The standard InChI is InChI=1S/C13H14BrN3/c1-8(2)9-3-5-10(6-4-9)13-16-7-11(14)12(15)17-13/h3-8H,1-2H3,(H2,15,16,17). The molecule has 17 heavy (non-hydrogen) atoms. The number of anilines is 1. The van der Waals surface area contributed by atoms with Gasteiger partial charge in [0.25, 0.3) is 0 Å². The number of nitrogen functional groups attached to an aromatic ring is 1. The maximum Gasteiger partial charge on any atom is 0.161 e. The largest absolute Gasteiger partial charge is 0.383 e. The number of aromatic nitrogens is 2. The molecule has 1 heterocycles. The first-order valence-electron chi connectivity index (χ1n) is 5.46. The van der Waals surface area contributed by atoms with Gasteiger partial charge in [0.15, 0.2) is 5.82 Å². The fraction of sp³-hybridized carbons (Fsp3) is 0.231. The average molecular weight is 292 g/mol. The Bertz CT molecular complexity index is 521. The molecule has 0 radical (unpaired) electrons. The molecule has 2 aromatic rings. The van der Waals surface area contributed by atoms with E-state index in [-0.39, 0.29) is 0 Å². The van der Waals surface area contributed by atoms with Gasteiger partial charge in [0.2, 0.25) is 0 Å². The van der Waals surface area contributed by atoms with Crippen LogP contribution in [0.1, 0.15) is 25.3 Å². The zero-order valence-corrected chi connectivity index (χ0v) is 11.4. The molecule has 0 saturated carbocycles. The summed E-state index contributed by atoms with van der Waals surface area (Å²) >= 11 is 3.28. The molecule has 4 heteroatoms. The summed E-state index contributed by atoms with van der Waals surface area (Å²) in [7, 11) is 0. The zero-order valence-electron chi connectivity index (χ0n) is 9.81. The first-order valence-corrected chi connectivity index (χ1v) is 6.25. The Kier molecular flexibility index (Phi) is 3.43. The number of nitrogens with two attached hydrogens (primary N) is 1. The van der Waals surface area contributed by atoms with Crippen molar-refractivity contribution in [1.82, 2.24) is 9.97 Å². The summed E-state index contributed by atoms with van der Waals surface area (Å²) in [6, 6.07) is 8.25. The molecule has 0 amide bonds. The number of hydrogen-bond acceptors (Lipinski definition) is 3. The Labute approximate surface area is 109 Å². The molecule has 0 unspecified atom stereocenters.